The predicted octanol–water partition coefficient (Wildman–Crippen LogP) is 1.96. The molecular weight excluding hydrogens is 422 g/mol. The summed E-state index contributed by atoms with van der Waals surface area (Å²) in [5.74, 6) is -1.52. The number of rotatable bonds is 8. The van der Waals surface area contributed by atoms with Gasteiger partial charge in [-0.25, -0.2) is 18.6 Å². The van der Waals surface area contributed by atoms with Gasteiger partial charge in [0.2, 0.25) is 10.0 Å². The van der Waals surface area contributed by atoms with E-state index in [0.717, 1.165) is 10.6 Å². The Morgan fingerprint density at radius 3 is 2.45 bits per heavy atom. The molecule has 154 valence electrons. The number of nitrogens with one attached hydrogen (secondary N) is 1. The maximum Gasteiger partial charge on any atom is 0.335 e. The van der Waals surface area contributed by atoms with E-state index in [4.69, 9.17) is 21.4 Å². The number of amides is 1. The number of carboxylic acid groups (broad SMARTS) is 1. The number of methoxy groups -OCH3 is 1. The third-order valence-electron chi connectivity index (χ3n) is 3.66. The van der Waals surface area contributed by atoms with Gasteiger partial charge < -0.3 is 9.84 Å². The zero-order valence-corrected chi connectivity index (χ0v) is 17.1. The summed E-state index contributed by atoms with van der Waals surface area (Å²) in [5, 5.41) is 12.9. The van der Waals surface area contributed by atoms with Crippen LogP contribution in [0.4, 0.5) is 5.69 Å². The van der Waals surface area contributed by atoms with Crippen LogP contribution in [-0.4, -0.2) is 51.5 Å². The van der Waals surface area contributed by atoms with Crippen molar-refractivity contribution < 1.29 is 27.9 Å². The number of hydrogen-bond donors (Lipinski definition) is 2. The van der Waals surface area contributed by atoms with E-state index in [1.165, 1.54) is 55.8 Å². The Hall–Kier alpha value is -3.11. The Morgan fingerprint density at radius 2 is 1.90 bits per heavy atom. The summed E-state index contributed by atoms with van der Waals surface area (Å²) in [7, 11) is -2.46. The summed E-state index contributed by atoms with van der Waals surface area (Å²) in [6.45, 7) is -0.551. The van der Waals surface area contributed by atoms with E-state index in [0.29, 0.717) is 5.56 Å². The predicted molar refractivity (Wildman–Crippen MR) is 109 cm³/mol. The van der Waals surface area contributed by atoms with Crippen LogP contribution in [0.25, 0.3) is 0 Å². The second-order valence-electron chi connectivity index (χ2n) is 5.81. The van der Waals surface area contributed by atoms with Gasteiger partial charge in [-0.3, -0.25) is 9.10 Å². The van der Waals surface area contributed by atoms with E-state index >= 15 is 0 Å². The molecule has 2 rings (SSSR count). The highest BCUT2D eigenvalue weighted by Crippen LogP contribution is 2.32. The maximum absolute atomic E-state index is 12.2. The lowest BCUT2D eigenvalue weighted by Crippen LogP contribution is -2.39. The number of ether oxygens (including phenoxy) is 1. The lowest BCUT2D eigenvalue weighted by atomic mass is 10.1. The molecule has 29 heavy (non-hydrogen) atoms. The van der Waals surface area contributed by atoms with Crippen molar-refractivity contribution in [3.63, 3.8) is 0 Å². The zero-order chi connectivity index (χ0) is 21.6. The standard InChI is InChI=1S/C18H18ClN3O6S/c1-28-16-8-7-14(19)9-15(16)22(29(2,26)27)11-17(23)21-20-10-12-3-5-13(6-4-12)18(24)25/h3-10H,11H2,1-2H3,(H,21,23)(H,24,25)/b20-10-. The summed E-state index contributed by atoms with van der Waals surface area (Å²) in [4.78, 5) is 23.0. The van der Waals surface area contributed by atoms with Gasteiger partial charge in [0.05, 0.1) is 30.8 Å². The molecule has 0 radical (unpaired) electrons. The van der Waals surface area contributed by atoms with Crippen LogP contribution in [0, 0.1) is 0 Å². The molecule has 9 nitrogen and oxygen atoms in total. The maximum atomic E-state index is 12.2. The van der Waals surface area contributed by atoms with Gasteiger partial charge in [0, 0.05) is 5.02 Å². The molecule has 0 bridgehead atoms. The topological polar surface area (TPSA) is 125 Å². The highest BCUT2D eigenvalue weighted by Gasteiger charge is 2.24. The molecule has 0 atom stereocenters. The highest BCUT2D eigenvalue weighted by molar-refractivity contribution is 7.92. The highest BCUT2D eigenvalue weighted by atomic mass is 35.5. The van der Waals surface area contributed by atoms with Crippen molar-refractivity contribution in [2.45, 2.75) is 0 Å². The number of hydrazone groups is 1. The lowest BCUT2D eigenvalue weighted by molar-refractivity contribution is -0.119. The molecule has 0 spiro atoms. The summed E-state index contributed by atoms with van der Waals surface area (Å²) in [5.41, 5.74) is 3.01. The van der Waals surface area contributed by atoms with E-state index in [9.17, 15) is 18.0 Å². The normalized spacial score (nSPS) is 11.3. The van der Waals surface area contributed by atoms with Gasteiger partial charge in [0.1, 0.15) is 12.3 Å². The number of nitrogens with zero attached hydrogens (tertiary/aromatic N) is 2. The molecule has 0 unspecified atom stereocenters. The second kappa shape index (κ2) is 9.39. The first kappa shape index (κ1) is 22.2. The van der Waals surface area contributed by atoms with Crippen molar-refractivity contribution in [2.75, 3.05) is 24.2 Å². The quantitative estimate of drug-likeness (QED) is 0.478. The number of carboxylic acids is 1. The Bertz CT molecular complexity index is 1040. The average Bonchev–Trinajstić information content (AvgIpc) is 2.65. The molecule has 0 saturated heterocycles. The average molecular weight is 440 g/mol. The minimum atomic E-state index is -3.83. The van der Waals surface area contributed by atoms with E-state index in [2.05, 4.69) is 10.5 Å². The van der Waals surface area contributed by atoms with E-state index in [-0.39, 0.29) is 22.0 Å². The minimum absolute atomic E-state index is 0.116. The smallest absolute Gasteiger partial charge is 0.335 e. The van der Waals surface area contributed by atoms with Crippen LogP contribution >= 0.6 is 11.6 Å². The van der Waals surface area contributed by atoms with Crippen molar-refractivity contribution in [2.24, 2.45) is 5.10 Å². The van der Waals surface area contributed by atoms with Crippen LogP contribution in [0.5, 0.6) is 5.75 Å². The van der Waals surface area contributed by atoms with Gasteiger partial charge >= 0.3 is 5.97 Å². The van der Waals surface area contributed by atoms with Gasteiger partial charge in [0.25, 0.3) is 5.91 Å². The first-order valence-corrected chi connectivity index (χ1v) is 10.3. The van der Waals surface area contributed by atoms with Crippen LogP contribution in [0.1, 0.15) is 15.9 Å². The number of carbonyl (C=O) groups is 2. The number of halogens is 1. The molecule has 1 amide bonds. The van der Waals surface area contributed by atoms with Crippen molar-refractivity contribution in [1.29, 1.82) is 0 Å². The fraction of sp³-hybridized carbons (Fsp3) is 0.167. The first-order chi connectivity index (χ1) is 13.6. The second-order valence-corrected chi connectivity index (χ2v) is 8.15. The van der Waals surface area contributed by atoms with Crippen LogP contribution < -0.4 is 14.5 Å². The van der Waals surface area contributed by atoms with E-state index in [1.54, 1.807) is 0 Å². The summed E-state index contributed by atoms with van der Waals surface area (Å²) < 4.78 is 30.4. The van der Waals surface area contributed by atoms with Crippen molar-refractivity contribution in [1.82, 2.24) is 5.43 Å². The van der Waals surface area contributed by atoms with Crippen molar-refractivity contribution in [3.8, 4) is 5.75 Å². The fourth-order valence-corrected chi connectivity index (χ4v) is 3.31. The molecular formula is C18H18ClN3O6S. The Morgan fingerprint density at radius 1 is 1.24 bits per heavy atom. The van der Waals surface area contributed by atoms with Crippen LogP contribution in [0.2, 0.25) is 5.02 Å². The monoisotopic (exact) mass is 439 g/mol. The Kier molecular flexibility index (Phi) is 7.18. The largest absolute Gasteiger partial charge is 0.495 e. The summed E-state index contributed by atoms with van der Waals surface area (Å²) >= 11 is 5.95. The number of benzene rings is 2. The lowest BCUT2D eigenvalue weighted by Gasteiger charge is -2.23. The molecule has 2 aromatic rings. The van der Waals surface area contributed by atoms with E-state index in [1.807, 2.05) is 0 Å². The Labute approximate surface area is 172 Å². The molecule has 2 N–H and O–H groups in total. The Balaban J connectivity index is 2.13. The number of sulfonamides is 1. The molecule has 0 aromatic heterocycles. The van der Waals surface area contributed by atoms with Crippen molar-refractivity contribution >= 4 is 45.4 Å². The molecule has 0 fully saturated rings. The molecule has 11 heteroatoms. The van der Waals surface area contributed by atoms with Crippen LogP contribution in [0.3, 0.4) is 0 Å². The van der Waals surface area contributed by atoms with E-state index < -0.39 is 28.4 Å². The zero-order valence-electron chi connectivity index (χ0n) is 15.5. The minimum Gasteiger partial charge on any atom is -0.495 e. The SMILES string of the molecule is COc1ccc(Cl)cc1N(CC(=O)N/N=C\c1ccc(C(=O)O)cc1)S(C)(=O)=O. The number of aromatic carboxylic acids is 1. The van der Waals surface area contributed by atoms with Crippen molar-refractivity contribution in [3.05, 3.63) is 58.6 Å². The van der Waals surface area contributed by atoms with Gasteiger partial charge in [0.15, 0.2) is 0 Å². The van der Waals surface area contributed by atoms with Gasteiger partial charge in [-0.15, -0.1) is 0 Å². The third-order valence-corrected chi connectivity index (χ3v) is 5.02. The van der Waals surface area contributed by atoms with Gasteiger partial charge in [-0.2, -0.15) is 5.10 Å². The number of anilines is 1. The number of carbonyl (C=O) groups excluding carboxylic acids is 1. The number of hydrogen-bond acceptors (Lipinski definition) is 6. The summed E-state index contributed by atoms with van der Waals surface area (Å²) in [6, 6.07) is 10.2. The summed E-state index contributed by atoms with van der Waals surface area (Å²) in [6.07, 6.45) is 2.25. The van der Waals surface area contributed by atoms with Gasteiger partial charge in [-0.1, -0.05) is 23.7 Å². The van der Waals surface area contributed by atoms with Crippen LogP contribution in [0.15, 0.2) is 47.6 Å². The van der Waals surface area contributed by atoms with Gasteiger partial charge in [-0.05, 0) is 35.9 Å². The third kappa shape index (κ3) is 6.19. The van der Waals surface area contributed by atoms with Crippen LogP contribution in [-0.2, 0) is 14.8 Å². The molecule has 0 aliphatic heterocycles. The molecule has 0 heterocycles. The molecule has 0 aliphatic carbocycles. The first-order valence-electron chi connectivity index (χ1n) is 8.08. The molecule has 0 saturated carbocycles. The molecule has 0 aliphatic rings. The molecule has 2 aromatic carbocycles. The fourth-order valence-electron chi connectivity index (χ4n) is 2.30.